The van der Waals surface area contributed by atoms with E-state index in [0.29, 0.717) is 19.5 Å². The van der Waals surface area contributed by atoms with Crippen LogP contribution in [0.5, 0.6) is 5.75 Å². The number of nitrogens with zero attached hydrogens (tertiary/aromatic N) is 2. The van der Waals surface area contributed by atoms with Crippen LogP contribution in [0.15, 0.2) is 90.0 Å². The Morgan fingerprint density at radius 1 is 1.06 bits per heavy atom. The summed E-state index contributed by atoms with van der Waals surface area (Å²) in [6.45, 7) is 14.0. The van der Waals surface area contributed by atoms with Gasteiger partial charge in [0.15, 0.2) is 5.60 Å². The molecular weight excluding hydrogens is 779 g/mol. The van der Waals surface area contributed by atoms with E-state index in [9.17, 15) is 9.90 Å². The van der Waals surface area contributed by atoms with E-state index in [1.807, 2.05) is 34.1 Å². The molecule has 276 valence electrons. The summed E-state index contributed by atoms with van der Waals surface area (Å²) in [5.41, 5.74) is 5.32. The highest BCUT2D eigenvalue weighted by molar-refractivity contribution is 14.1. The number of amides is 2. The lowest BCUT2D eigenvalue weighted by Crippen LogP contribution is -2.52. The SMILES string of the molecule is COc1ccc([Si](C)(C)[C@H]2[C@H](CC(=O)N3Cc4ccccc4C[C@H]3CO)O[C@@]3(C(=O)N(C/C=C(\C)CCC=C(C)C)c4ccc(I)cc43)[C@@H]2C)cc1. The van der Waals surface area contributed by atoms with Crippen LogP contribution >= 0.6 is 22.6 Å². The molecule has 52 heavy (non-hydrogen) atoms. The summed E-state index contributed by atoms with van der Waals surface area (Å²) < 4.78 is 13.8. The first kappa shape index (κ1) is 38.5. The van der Waals surface area contributed by atoms with Crippen molar-refractivity contribution in [2.24, 2.45) is 5.92 Å². The zero-order valence-electron chi connectivity index (χ0n) is 31.6. The number of aliphatic hydroxyl groups excluding tert-OH is 1. The topological polar surface area (TPSA) is 79.3 Å². The number of allylic oxidation sites excluding steroid dienone is 3. The highest BCUT2D eigenvalue weighted by atomic mass is 127. The number of rotatable bonds is 11. The predicted octanol–water partition coefficient (Wildman–Crippen LogP) is 7.89. The van der Waals surface area contributed by atoms with Crippen LogP contribution in [0.25, 0.3) is 0 Å². The van der Waals surface area contributed by atoms with Crippen LogP contribution in [0.1, 0.15) is 63.6 Å². The third kappa shape index (κ3) is 7.18. The Morgan fingerprint density at radius 3 is 2.44 bits per heavy atom. The first-order valence-corrected chi connectivity index (χ1v) is 22.7. The number of benzene rings is 3. The van der Waals surface area contributed by atoms with E-state index in [1.165, 1.54) is 21.9 Å². The highest BCUT2D eigenvalue weighted by Crippen LogP contribution is 2.60. The maximum atomic E-state index is 15.1. The average Bonchev–Trinajstić information content (AvgIpc) is 3.55. The molecule has 0 aromatic heterocycles. The van der Waals surface area contributed by atoms with Gasteiger partial charge in [-0.3, -0.25) is 9.59 Å². The van der Waals surface area contributed by atoms with Crippen molar-refractivity contribution in [2.45, 2.75) is 96.3 Å². The summed E-state index contributed by atoms with van der Waals surface area (Å²) in [6.07, 6.45) is 6.58. The number of aliphatic hydroxyl groups is 1. The molecule has 7 nitrogen and oxygen atoms in total. The number of fused-ring (bicyclic) bond motifs is 3. The van der Waals surface area contributed by atoms with Crippen molar-refractivity contribution in [3.63, 3.8) is 0 Å². The molecule has 0 bridgehead atoms. The van der Waals surface area contributed by atoms with Gasteiger partial charge in [-0.1, -0.05) is 84.9 Å². The van der Waals surface area contributed by atoms with E-state index < -0.39 is 19.8 Å². The molecule has 3 aliphatic heterocycles. The highest BCUT2D eigenvalue weighted by Gasteiger charge is 2.66. The fraction of sp³-hybridized carbons (Fsp3) is 0.442. The van der Waals surface area contributed by atoms with Crippen LogP contribution in [0, 0.1) is 9.49 Å². The monoisotopic (exact) mass is 832 g/mol. The molecule has 2 amide bonds. The van der Waals surface area contributed by atoms with Gasteiger partial charge in [-0.2, -0.15) is 0 Å². The minimum absolute atomic E-state index is 0.0487. The number of anilines is 1. The van der Waals surface area contributed by atoms with E-state index in [0.717, 1.165) is 39.0 Å². The fourth-order valence-corrected chi connectivity index (χ4v) is 13.4. The molecule has 1 saturated heterocycles. The number of ether oxygens (including phenoxy) is 2. The van der Waals surface area contributed by atoms with Crippen molar-refractivity contribution >= 4 is 53.4 Å². The molecule has 0 aliphatic carbocycles. The maximum Gasteiger partial charge on any atom is 0.264 e. The van der Waals surface area contributed by atoms with Crippen LogP contribution in [0.3, 0.4) is 0 Å². The Bertz CT molecular complexity index is 1870. The molecule has 0 saturated carbocycles. The third-order valence-electron chi connectivity index (χ3n) is 11.8. The largest absolute Gasteiger partial charge is 0.497 e. The van der Waals surface area contributed by atoms with Gasteiger partial charge in [-0.25, -0.2) is 0 Å². The quantitative estimate of drug-likeness (QED) is 0.121. The number of hydrogen-bond donors (Lipinski definition) is 1. The molecule has 3 heterocycles. The number of methoxy groups -OCH3 is 1. The van der Waals surface area contributed by atoms with Crippen molar-refractivity contribution < 1.29 is 24.2 Å². The van der Waals surface area contributed by atoms with E-state index in [1.54, 1.807) is 7.11 Å². The van der Waals surface area contributed by atoms with Crippen molar-refractivity contribution in [3.8, 4) is 5.75 Å². The maximum absolute atomic E-state index is 15.1. The number of carbonyl (C=O) groups excluding carboxylic acids is 2. The van der Waals surface area contributed by atoms with E-state index in [-0.39, 0.29) is 42.3 Å². The van der Waals surface area contributed by atoms with E-state index in [2.05, 4.69) is 118 Å². The molecule has 1 N–H and O–H groups in total. The van der Waals surface area contributed by atoms with Crippen molar-refractivity contribution in [1.29, 1.82) is 0 Å². The van der Waals surface area contributed by atoms with Crippen molar-refractivity contribution in [3.05, 3.63) is 110 Å². The Labute approximate surface area is 324 Å². The second-order valence-corrected chi connectivity index (χ2v) is 21.6. The molecule has 1 spiro atoms. The van der Waals surface area contributed by atoms with Gasteiger partial charge >= 0.3 is 0 Å². The lowest BCUT2D eigenvalue weighted by atomic mass is 9.82. The van der Waals surface area contributed by atoms with E-state index >= 15 is 4.79 Å². The van der Waals surface area contributed by atoms with Gasteiger partial charge in [-0.05, 0) is 110 Å². The van der Waals surface area contributed by atoms with Crippen LogP contribution in [0.2, 0.25) is 18.6 Å². The smallest absolute Gasteiger partial charge is 0.264 e. The Hall–Kier alpha value is -3.25. The zero-order chi connectivity index (χ0) is 37.4. The Morgan fingerprint density at radius 2 is 1.77 bits per heavy atom. The zero-order valence-corrected chi connectivity index (χ0v) is 34.8. The summed E-state index contributed by atoms with van der Waals surface area (Å²) in [4.78, 5) is 33.4. The number of hydrogen-bond acceptors (Lipinski definition) is 5. The minimum Gasteiger partial charge on any atom is -0.497 e. The van der Waals surface area contributed by atoms with Gasteiger partial charge in [0.05, 0.1) is 46.0 Å². The van der Waals surface area contributed by atoms with Gasteiger partial charge in [0, 0.05) is 28.1 Å². The Balaban J connectivity index is 1.39. The Kier molecular flexibility index (Phi) is 11.6. The van der Waals surface area contributed by atoms with Gasteiger partial charge in [0.25, 0.3) is 5.91 Å². The van der Waals surface area contributed by atoms with Crippen LogP contribution in [-0.2, 0) is 32.9 Å². The molecule has 0 unspecified atom stereocenters. The number of halogens is 1. The molecule has 3 aliphatic rings. The average molecular weight is 833 g/mol. The summed E-state index contributed by atoms with van der Waals surface area (Å²) in [5.74, 6) is 0.488. The molecule has 6 rings (SSSR count). The fourth-order valence-electron chi connectivity index (χ4n) is 8.94. The first-order chi connectivity index (χ1) is 24.8. The standard InChI is InChI=1S/C43H53IN2O5Si/c1-28(2)11-10-12-29(3)21-22-45-38-20-15-33(44)24-37(38)43(42(45)49)30(4)41(52(6,7)36-18-16-35(50-5)17-19-36)39(51-43)25-40(48)46-26-32-14-9-8-13-31(32)23-34(46)27-47/h8-9,11,13-21,24,30,34,39,41,47H,10,12,22-23,25-27H2,1-7H3/b29-21+/t30-,34+,39+,41-,43+/m1/s1. The van der Waals surface area contributed by atoms with Gasteiger partial charge in [0.2, 0.25) is 5.91 Å². The van der Waals surface area contributed by atoms with Crippen LogP contribution < -0.4 is 14.8 Å². The molecule has 3 aromatic carbocycles. The summed E-state index contributed by atoms with van der Waals surface area (Å²) in [6, 6.07) is 22.4. The lowest BCUT2D eigenvalue weighted by Gasteiger charge is -2.39. The molecule has 5 atom stereocenters. The lowest BCUT2D eigenvalue weighted by molar-refractivity contribution is -0.150. The van der Waals surface area contributed by atoms with Crippen molar-refractivity contribution in [1.82, 2.24) is 4.90 Å². The summed E-state index contributed by atoms with van der Waals surface area (Å²) >= 11 is 2.32. The predicted molar refractivity (Wildman–Crippen MR) is 220 cm³/mol. The van der Waals surface area contributed by atoms with Crippen LogP contribution in [0.4, 0.5) is 5.69 Å². The van der Waals surface area contributed by atoms with E-state index in [4.69, 9.17) is 9.47 Å². The number of carbonyl (C=O) groups is 2. The molecule has 0 radical (unpaired) electrons. The minimum atomic E-state index is -2.44. The molecular formula is C43H53IN2O5Si. The summed E-state index contributed by atoms with van der Waals surface area (Å²) in [7, 11) is -0.768. The van der Waals surface area contributed by atoms with Crippen LogP contribution in [-0.4, -0.2) is 62.3 Å². The van der Waals surface area contributed by atoms with Gasteiger partial charge in [0.1, 0.15) is 5.75 Å². The van der Waals surface area contributed by atoms with Crippen molar-refractivity contribution in [2.75, 3.05) is 25.2 Å². The van der Waals surface area contributed by atoms with Gasteiger partial charge < -0.3 is 24.4 Å². The second kappa shape index (κ2) is 15.6. The molecule has 3 aromatic rings. The normalized spacial score (nSPS) is 24.2. The second-order valence-electron chi connectivity index (χ2n) is 15.6. The van der Waals surface area contributed by atoms with Gasteiger partial charge in [-0.15, -0.1) is 0 Å². The molecule has 9 heteroatoms. The third-order valence-corrected chi connectivity index (χ3v) is 16.8. The first-order valence-electron chi connectivity index (χ1n) is 18.5. The molecule has 1 fully saturated rings. The summed E-state index contributed by atoms with van der Waals surface area (Å²) in [5, 5.41) is 11.7.